The zero-order valence-electron chi connectivity index (χ0n) is 10.3. The molecule has 3 aromatic rings. The Labute approximate surface area is 114 Å². The molecule has 3 rings (SSSR count). The van der Waals surface area contributed by atoms with Crippen LogP contribution in [0.2, 0.25) is 0 Å². The Bertz CT molecular complexity index is 647. The smallest absolute Gasteiger partial charge is 0.143 e. The van der Waals surface area contributed by atoms with Crippen molar-refractivity contribution in [3.8, 4) is 5.69 Å². The van der Waals surface area contributed by atoms with E-state index in [4.69, 9.17) is 0 Å². The minimum Gasteiger partial charge on any atom is -0.379 e. The fourth-order valence-electron chi connectivity index (χ4n) is 1.81. The summed E-state index contributed by atoms with van der Waals surface area (Å²) in [7, 11) is 0. The number of aromatic nitrogens is 5. The van der Waals surface area contributed by atoms with Crippen LogP contribution < -0.4 is 5.32 Å². The van der Waals surface area contributed by atoms with Crippen LogP contribution in [-0.4, -0.2) is 25.2 Å². The van der Waals surface area contributed by atoms with Crippen LogP contribution in [-0.2, 0) is 6.54 Å². The molecule has 0 unspecified atom stereocenters. The molecule has 0 amide bonds. The maximum Gasteiger partial charge on any atom is 0.143 e. The van der Waals surface area contributed by atoms with Crippen molar-refractivity contribution in [2.45, 2.75) is 13.5 Å². The van der Waals surface area contributed by atoms with E-state index in [-0.39, 0.29) is 0 Å². The number of benzene rings is 1. The molecule has 0 aliphatic carbocycles. The van der Waals surface area contributed by atoms with Gasteiger partial charge in [0.25, 0.3) is 0 Å². The van der Waals surface area contributed by atoms with Crippen molar-refractivity contribution in [3.63, 3.8) is 0 Å². The highest BCUT2D eigenvalue weighted by Gasteiger charge is 2.04. The maximum absolute atomic E-state index is 4.24. The molecule has 0 spiro atoms. The summed E-state index contributed by atoms with van der Waals surface area (Å²) in [4.78, 5) is 4.24. The van der Waals surface area contributed by atoms with Crippen molar-refractivity contribution in [1.82, 2.24) is 25.2 Å². The van der Waals surface area contributed by atoms with Gasteiger partial charge in [-0.25, -0.2) is 9.67 Å². The molecule has 0 aliphatic heterocycles. The van der Waals surface area contributed by atoms with Gasteiger partial charge in [-0.3, -0.25) is 0 Å². The van der Waals surface area contributed by atoms with Crippen LogP contribution in [0.25, 0.3) is 5.69 Å². The molecule has 0 bridgehead atoms. The Morgan fingerprint density at radius 3 is 3.00 bits per heavy atom. The largest absolute Gasteiger partial charge is 0.379 e. The highest BCUT2D eigenvalue weighted by molar-refractivity contribution is 7.07. The molecule has 2 heterocycles. The molecular weight excluding hydrogens is 260 g/mol. The van der Waals surface area contributed by atoms with Gasteiger partial charge in [-0.15, -0.1) is 16.4 Å². The quantitative estimate of drug-likeness (QED) is 0.787. The van der Waals surface area contributed by atoms with Crippen molar-refractivity contribution in [2.24, 2.45) is 0 Å². The predicted molar refractivity (Wildman–Crippen MR) is 73.3 cm³/mol. The lowest BCUT2D eigenvalue weighted by Gasteiger charge is -2.09. The summed E-state index contributed by atoms with van der Waals surface area (Å²) in [6.07, 6.45) is 1.59. The molecule has 0 aliphatic rings. The predicted octanol–water partition coefficient (Wildman–Crippen LogP) is 2.04. The van der Waals surface area contributed by atoms with E-state index in [1.165, 1.54) is 0 Å². The van der Waals surface area contributed by atoms with E-state index >= 15 is 0 Å². The van der Waals surface area contributed by atoms with Crippen LogP contribution in [0, 0.1) is 6.92 Å². The number of nitrogens with one attached hydrogen (secondary N) is 1. The average molecular weight is 272 g/mol. The lowest BCUT2D eigenvalue weighted by molar-refractivity contribution is 0.785. The normalized spacial score (nSPS) is 10.6. The lowest BCUT2D eigenvalue weighted by Crippen LogP contribution is -2.02. The second-order valence-corrected chi connectivity index (χ2v) is 4.81. The van der Waals surface area contributed by atoms with Gasteiger partial charge in [-0.1, -0.05) is 0 Å². The summed E-state index contributed by atoms with van der Waals surface area (Å²) < 4.78 is 1.65. The molecule has 0 fully saturated rings. The monoisotopic (exact) mass is 272 g/mol. The van der Waals surface area contributed by atoms with Gasteiger partial charge in [-0.2, -0.15) is 0 Å². The van der Waals surface area contributed by atoms with E-state index in [0.717, 1.165) is 29.2 Å². The van der Waals surface area contributed by atoms with Crippen LogP contribution >= 0.6 is 11.3 Å². The number of nitrogens with zero attached hydrogens (tertiary/aromatic N) is 5. The van der Waals surface area contributed by atoms with E-state index in [9.17, 15) is 0 Å². The number of hydrogen-bond donors (Lipinski definition) is 1. The average Bonchev–Trinajstić information content (AvgIpc) is 3.10. The van der Waals surface area contributed by atoms with Gasteiger partial charge in [0, 0.05) is 11.1 Å². The van der Waals surface area contributed by atoms with E-state index in [1.807, 2.05) is 29.9 Å². The van der Waals surface area contributed by atoms with Crippen molar-refractivity contribution >= 4 is 17.0 Å². The molecule has 6 nitrogen and oxygen atoms in total. The Hall–Kier alpha value is -2.28. The van der Waals surface area contributed by atoms with Gasteiger partial charge >= 0.3 is 0 Å². The third kappa shape index (κ3) is 2.60. The standard InChI is InChI=1S/C12H12N6S/c1-9-4-10(13-5-11-6-19-8-14-11)2-3-12(9)18-7-15-16-17-18/h2-4,6-8,13H,5H2,1H3. The summed E-state index contributed by atoms with van der Waals surface area (Å²) in [5.41, 5.74) is 6.03. The highest BCUT2D eigenvalue weighted by atomic mass is 32.1. The first-order valence-corrected chi connectivity index (χ1v) is 6.72. The number of aryl methyl sites for hydroxylation is 1. The number of rotatable bonds is 4. The van der Waals surface area contributed by atoms with Gasteiger partial charge in [0.15, 0.2) is 0 Å². The zero-order valence-corrected chi connectivity index (χ0v) is 11.1. The Kier molecular flexibility index (Phi) is 3.20. The summed E-state index contributed by atoms with van der Waals surface area (Å²) in [6.45, 7) is 2.76. The van der Waals surface area contributed by atoms with Crippen molar-refractivity contribution in [3.05, 3.63) is 46.7 Å². The van der Waals surface area contributed by atoms with E-state index in [2.05, 4.69) is 31.9 Å². The van der Waals surface area contributed by atoms with Crippen molar-refractivity contribution in [1.29, 1.82) is 0 Å². The molecule has 2 aromatic heterocycles. The van der Waals surface area contributed by atoms with Crippen LogP contribution in [0.15, 0.2) is 35.4 Å². The van der Waals surface area contributed by atoms with E-state index < -0.39 is 0 Å². The third-order valence-electron chi connectivity index (χ3n) is 2.75. The van der Waals surface area contributed by atoms with Gasteiger partial charge in [0.2, 0.25) is 0 Å². The number of hydrogen-bond acceptors (Lipinski definition) is 6. The second-order valence-electron chi connectivity index (χ2n) is 4.09. The fraction of sp³-hybridized carbons (Fsp3) is 0.167. The number of anilines is 1. The van der Waals surface area contributed by atoms with Gasteiger partial charge < -0.3 is 5.32 Å². The highest BCUT2D eigenvalue weighted by Crippen LogP contribution is 2.18. The van der Waals surface area contributed by atoms with Crippen LogP contribution in [0.1, 0.15) is 11.3 Å². The third-order valence-corrected chi connectivity index (χ3v) is 3.39. The maximum atomic E-state index is 4.24. The van der Waals surface area contributed by atoms with Crippen molar-refractivity contribution in [2.75, 3.05) is 5.32 Å². The molecule has 1 N–H and O–H groups in total. The Morgan fingerprint density at radius 2 is 2.32 bits per heavy atom. The number of tetrazole rings is 1. The van der Waals surface area contributed by atoms with Gasteiger partial charge in [0.05, 0.1) is 23.4 Å². The van der Waals surface area contributed by atoms with Gasteiger partial charge in [-0.05, 0) is 41.1 Å². The summed E-state index contributed by atoms with van der Waals surface area (Å²) in [5.74, 6) is 0. The molecular formula is C12H12N6S. The fourth-order valence-corrected chi connectivity index (χ4v) is 2.37. The van der Waals surface area contributed by atoms with Crippen LogP contribution in [0.5, 0.6) is 0 Å². The summed E-state index contributed by atoms with van der Waals surface area (Å²) in [6, 6.07) is 6.08. The first kappa shape index (κ1) is 11.8. The van der Waals surface area contributed by atoms with Crippen LogP contribution in [0.4, 0.5) is 5.69 Å². The Morgan fingerprint density at radius 1 is 1.37 bits per heavy atom. The van der Waals surface area contributed by atoms with Crippen molar-refractivity contribution < 1.29 is 0 Å². The SMILES string of the molecule is Cc1cc(NCc2cscn2)ccc1-n1cnnn1. The van der Waals surface area contributed by atoms with E-state index in [0.29, 0.717) is 0 Å². The van der Waals surface area contributed by atoms with Crippen LogP contribution in [0.3, 0.4) is 0 Å². The topological polar surface area (TPSA) is 68.5 Å². The second kappa shape index (κ2) is 5.15. The van der Waals surface area contributed by atoms with Gasteiger partial charge in [0.1, 0.15) is 6.33 Å². The lowest BCUT2D eigenvalue weighted by atomic mass is 10.2. The number of thiazole rings is 1. The molecule has 7 heteroatoms. The molecule has 0 radical (unpaired) electrons. The minimum atomic E-state index is 0.729. The molecule has 0 saturated heterocycles. The zero-order chi connectivity index (χ0) is 13.1. The first-order chi connectivity index (χ1) is 9.33. The van der Waals surface area contributed by atoms with E-state index in [1.54, 1.807) is 22.3 Å². The first-order valence-electron chi connectivity index (χ1n) is 5.78. The molecule has 19 heavy (non-hydrogen) atoms. The summed E-state index contributed by atoms with van der Waals surface area (Å²) in [5, 5.41) is 16.6. The molecule has 0 atom stereocenters. The molecule has 1 aromatic carbocycles. The molecule has 96 valence electrons. The molecule has 0 saturated carbocycles. The Balaban J connectivity index is 1.76. The minimum absolute atomic E-state index is 0.729. The summed E-state index contributed by atoms with van der Waals surface area (Å²) >= 11 is 1.60.